The molecule has 0 aromatic heterocycles. The van der Waals surface area contributed by atoms with Crippen LogP contribution in [0.2, 0.25) is 0 Å². The van der Waals surface area contributed by atoms with E-state index < -0.39 is 12.1 Å². The highest BCUT2D eigenvalue weighted by molar-refractivity contribution is 5.95. The number of hydrogen-bond acceptors (Lipinski definition) is 5. The summed E-state index contributed by atoms with van der Waals surface area (Å²) in [5.74, 6) is 0.827. The molecule has 1 N–H and O–H groups in total. The Labute approximate surface area is 155 Å². The molecule has 1 fully saturated rings. The van der Waals surface area contributed by atoms with E-state index in [0.717, 1.165) is 12.8 Å². The van der Waals surface area contributed by atoms with Crippen LogP contribution in [0.3, 0.4) is 0 Å². The van der Waals surface area contributed by atoms with E-state index in [1.54, 1.807) is 25.1 Å². The molecule has 4 atom stereocenters. The number of para-hydroxylation sites is 1. The molecule has 1 aromatic rings. The van der Waals surface area contributed by atoms with Crippen LogP contribution in [0.25, 0.3) is 0 Å². The maximum Gasteiger partial charge on any atom is 0.342 e. The molecule has 0 spiro atoms. The Morgan fingerprint density at radius 2 is 1.88 bits per heavy atom. The fourth-order valence-corrected chi connectivity index (χ4v) is 3.41. The van der Waals surface area contributed by atoms with Crippen molar-refractivity contribution in [1.82, 2.24) is 5.32 Å². The van der Waals surface area contributed by atoms with Gasteiger partial charge in [0.25, 0.3) is 5.91 Å². The maximum atomic E-state index is 12.5. The van der Waals surface area contributed by atoms with Crippen LogP contribution in [-0.4, -0.2) is 38.2 Å². The first-order chi connectivity index (χ1) is 12.4. The van der Waals surface area contributed by atoms with Gasteiger partial charge in [0.05, 0.1) is 14.2 Å². The summed E-state index contributed by atoms with van der Waals surface area (Å²) < 4.78 is 15.8. The Morgan fingerprint density at radius 3 is 2.54 bits per heavy atom. The molecule has 6 nitrogen and oxygen atoms in total. The van der Waals surface area contributed by atoms with Crippen molar-refractivity contribution in [1.29, 1.82) is 0 Å². The van der Waals surface area contributed by atoms with Crippen LogP contribution in [0.1, 0.15) is 50.4 Å². The molecule has 0 saturated heterocycles. The quantitative estimate of drug-likeness (QED) is 0.786. The van der Waals surface area contributed by atoms with Gasteiger partial charge in [0.15, 0.2) is 17.6 Å². The summed E-state index contributed by atoms with van der Waals surface area (Å²) in [6.45, 7) is 5.95. The number of benzene rings is 1. The number of amides is 1. The molecule has 0 heterocycles. The van der Waals surface area contributed by atoms with Gasteiger partial charge in [-0.2, -0.15) is 0 Å². The van der Waals surface area contributed by atoms with Gasteiger partial charge >= 0.3 is 5.97 Å². The van der Waals surface area contributed by atoms with Gasteiger partial charge < -0.3 is 19.5 Å². The van der Waals surface area contributed by atoms with E-state index in [9.17, 15) is 9.59 Å². The number of esters is 1. The lowest BCUT2D eigenvalue weighted by atomic mass is 9.78. The summed E-state index contributed by atoms with van der Waals surface area (Å²) in [5.41, 5.74) is 0.228. The molecule has 1 aliphatic carbocycles. The minimum Gasteiger partial charge on any atom is -0.493 e. The van der Waals surface area contributed by atoms with E-state index in [-0.39, 0.29) is 17.5 Å². The fraction of sp³-hybridized carbons (Fsp3) is 0.600. The van der Waals surface area contributed by atoms with Crippen LogP contribution < -0.4 is 14.8 Å². The van der Waals surface area contributed by atoms with Crippen molar-refractivity contribution < 1.29 is 23.8 Å². The standard InChI is InChI=1S/C20H29NO5/c1-12-8-6-10-16(13(12)2)21-19(22)14(3)26-20(23)15-9-7-11-17(24-4)18(15)25-5/h7,9,11-14,16H,6,8,10H2,1-5H3,(H,21,22)/t12-,13-,14-,16-/m1/s1. The molecular weight excluding hydrogens is 334 g/mol. The number of hydrogen-bond donors (Lipinski definition) is 1. The second-order valence-electron chi connectivity index (χ2n) is 6.97. The largest absolute Gasteiger partial charge is 0.493 e. The Morgan fingerprint density at radius 1 is 1.15 bits per heavy atom. The average Bonchev–Trinajstić information content (AvgIpc) is 2.64. The van der Waals surface area contributed by atoms with Crippen molar-refractivity contribution in [3.63, 3.8) is 0 Å². The first-order valence-electron chi connectivity index (χ1n) is 9.11. The zero-order valence-electron chi connectivity index (χ0n) is 16.2. The average molecular weight is 363 g/mol. The SMILES string of the molecule is COc1cccc(C(=O)O[C@H](C)C(=O)N[C@@H]2CCC[C@@H](C)[C@H]2C)c1OC. The number of nitrogens with one attached hydrogen (secondary N) is 1. The molecular formula is C20H29NO5. The Balaban J connectivity index is 2.01. The van der Waals surface area contributed by atoms with Crippen LogP contribution in [0, 0.1) is 11.8 Å². The van der Waals surface area contributed by atoms with Crippen molar-refractivity contribution in [2.45, 2.75) is 52.2 Å². The number of carbonyl (C=O) groups is 2. The molecule has 0 aliphatic heterocycles. The smallest absolute Gasteiger partial charge is 0.342 e. The molecule has 1 aliphatic rings. The lowest BCUT2D eigenvalue weighted by Gasteiger charge is -2.35. The van der Waals surface area contributed by atoms with Crippen LogP contribution in [-0.2, 0) is 9.53 Å². The third-order valence-corrected chi connectivity index (χ3v) is 5.31. The van der Waals surface area contributed by atoms with Gasteiger partial charge in [-0.1, -0.05) is 32.8 Å². The minimum atomic E-state index is -0.886. The van der Waals surface area contributed by atoms with E-state index in [2.05, 4.69) is 19.2 Å². The van der Waals surface area contributed by atoms with Gasteiger partial charge in [0.2, 0.25) is 0 Å². The lowest BCUT2D eigenvalue weighted by Crippen LogP contribution is -2.47. The molecule has 1 aromatic carbocycles. The predicted octanol–water partition coefficient (Wildman–Crippen LogP) is 3.19. The van der Waals surface area contributed by atoms with Crippen LogP contribution in [0.4, 0.5) is 0 Å². The van der Waals surface area contributed by atoms with E-state index >= 15 is 0 Å². The molecule has 26 heavy (non-hydrogen) atoms. The Kier molecular flexibility index (Phi) is 6.89. The number of methoxy groups -OCH3 is 2. The zero-order chi connectivity index (χ0) is 19.3. The van der Waals surface area contributed by atoms with E-state index in [4.69, 9.17) is 14.2 Å². The summed E-state index contributed by atoms with van der Waals surface area (Å²) in [7, 11) is 2.95. The maximum absolute atomic E-state index is 12.5. The summed E-state index contributed by atoms with van der Waals surface area (Å²) >= 11 is 0. The van der Waals surface area contributed by atoms with Crippen molar-refractivity contribution >= 4 is 11.9 Å². The summed E-state index contributed by atoms with van der Waals surface area (Å²) in [6.07, 6.45) is 2.36. The van der Waals surface area contributed by atoms with Gasteiger partial charge in [-0.3, -0.25) is 4.79 Å². The molecule has 0 unspecified atom stereocenters. The molecule has 0 bridgehead atoms. The van der Waals surface area contributed by atoms with Gasteiger partial charge in [-0.05, 0) is 37.3 Å². The normalized spacial score (nSPS) is 23.7. The highest BCUT2D eigenvalue weighted by atomic mass is 16.6. The van der Waals surface area contributed by atoms with Crippen LogP contribution in [0.5, 0.6) is 11.5 Å². The first-order valence-corrected chi connectivity index (χ1v) is 9.11. The number of carbonyl (C=O) groups excluding carboxylic acids is 2. The van der Waals surface area contributed by atoms with Crippen LogP contribution >= 0.6 is 0 Å². The number of rotatable bonds is 6. The second kappa shape index (κ2) is 8.92. The lowest BCUT2D eigenvalue weighted by molar-refractivity contribution is -0.130. The predicted molar refractivity (Wildman–Crippen MR) is 98.5 cm³/mol. The zero-order valence-corrected chi connectivity index (χ0v) is 16.2. The summed E-state index contributed by atoms with van der Waals surface area (Å²) in [5, 5.41) is 3.03. The Bertz CT molecular complexity index is 645. The first kappa shape index (κ1) is 20.1. The molecule has 2 rings (SSSR count). The van der Waals surface area contributed by atoms with Gasteiger partial charge in [0.1, 0.15) is 5.56 Å². The van der Waals surface area contributed by atoms with E-state index in [1.165, 1.54) is 20.6 Å². The minimum absolute atomic E-state index is 0.124. The highest BCUT2D eigenvalue weighted by Gasteiger charge is 2.30. The second-order valence-corrected chi connectivity index (χ2v) is 6.97. The molecule has 0 radical (unpaired) electrons. The van der Waals surface area contributed by atoms with Crippen molar-refractivity contribution in [2.24, 2.45) is 11.8 Å². The third kappa shape index (κ3) is 4.48. The Hall–Kier alpha value is -2.24. The fourth-order valence-electron chi connectivity index (χ4n) is 3.41. The summed E-state index contributed by atoms with van der Waals surface area (Å²) in [6, 6.07) is 5.07. The van der Waals surface area contributed by atoms with E-state index in [0.29, 0.717) is 23.3 Å². The number of ether oxygens (including phenoxy) is 3. The molecule has 1 amide bonds. The van der Waals surface area contributed by atoms with Gasteiger partial charge in [0, 0.05) is 6.04 Å². The van der Waals surface area contributed by atoms with Crippen molar-refractivity contribution in [2.75, 3.05) is 14.2 Å². The van der Waals surface area contributed by atoms with Crippen LogP contribution in [0.15, 0.2) is 18.2 Å². The monoisotopic (exact) mass is 363 g/mol. The van der Waals surface area contributed by atoms with Gasteiger partial charge in [-0.15, -0.1) is 0 Å². The van der Waals surface area contributed by atoms with Gasteiger partial charge in [-0.25, -0.2) is 4.79 Å². The summed E-state index contributed by atoms with van der Waals surface area (Å²) in [4.78, 5) is 24.9. The van der Waals surface area contributed by atoms with Crippen molar-refractivity contribution in [3.05, 3.63) is 23.8 Å². The molecule has 1 saturated carbocycles. The highest BCUT2D eigenvalue weighted by Crippen LogP contribution is 2.32. The topological polar surface area (TPSA) is 73.9 Å². The van der Waals surface area contributed by atoms with Crippen molar-refractivity contribution in [3.8, 4) is 11.5 Å². The van der Waals surface area contributed by atoms with E-state index in [1.807, 2.05) is 0 Å². The third-order valence-electron chi connectivity index (χ3n) is 5.31. The molecule has 6 heteroatoms. The molecule has 144 valence electrons.